The maximum Gasteiger partial charge on any atom is 0.359 e. The van der Waals surface area contributed by atoms with Gasteiger partial charge in [-0.1, -0.05) is 6.07 Å². The zero-order chi connectivity index (χ0) is 18.1. The number of carbonyl (C=O) groups excluding carboxylic acids is 1. The summed E-state index contributed by atoms with van der Waals surface area (Å²) in [5.74, 6) is -1.95. The van der Waals surface area contributed by atoms with Gasteiger partial charge in [0.25, 0.3) is 5.88 Å². The Morgan fingerprint density at radius 1 is 1.24 bits per heavy atom. The number of halogens is 2. The molecule has 130 valence electrons. The SMILES string of the molecule is Cc1cn2c(C(=O)OP)c(C)nc2c(OCc2c(F)cccc2F)n1. The number of hydrogen-bond donors (Lipinski definition) is 0. The summed E-state index contributed by atoms with van der Waals surface area (Å²) in [5.41, 5.74) is 1.22. The highest BCUT2D eigenvalue weighted by Crippen LogP contribution is 2.24. The lowest BCUT2D eigenvalue weighted by Crippen LogP contribution is -2.08. The standard InChI is InChI=1S/C16H14F2N3O3P/c1-8-6-21-13(16(22)24-25)9(2)20-14(21)15(19-8)23-7-10-11(17)4-3-5-12(10)18/h3-6H,7,25H2,1-2H3. The molecule has 0 aliphatic heterocycles. The predicted octanol–water partition coefficient (Wildman–Crippen LogP) is 3.15. The topological polar surface area (TPSA) is 65.7 Å². The Hall–Kier alpha value is -2.60. The Balaban J connectivity index is 2.04. The first kappa shape index (κ1) is 17.2. The maximum atomic E-state index is 13.7. The first-order valence-corrected chi connectivity index (χ1v) is 7.72. The van der Waals surface area contributed by atoms with Crippen LogP contribution in [0.3, 0.4) is 0 Å². The molecule has 0 N–H and O–H groups in total. The molecule has 3 aromatic rings. The van der Waals surface area contributed by atoms with Crippen LogP contribution >= 0.6 is 9.47 Å². The molecule has 0 amide bonds. The first-order valence-electron chi connectivity index (χ1n) is 7.25. The number of fused-ring (bicyclic) bond motifs is 1. The van der Waals surface area contributed by atoms with Crippen LogP contribution in [0.25, 0.3) is 5.65 Å². The summed E-state index contributed by atoms with van der Waals surface area (Å²) in [6.45, 7) is 2.97. The van der Waals surface area contributed by atoms with E-state index >= 15 is 0 Å². The molecule has 25 heavy (non-hydrogen) atoms. The van der Waals surface area contributed by atoms with E-state index in [-0.39, 0.29) is 29.4 Å². The highest BCUT2D eigenvalue weighted by Gasteiger charge is 2.21. The van der Waals surface area contributed by atoms with Gasteiger partial charge in [-0.15, -0.1) is 0 Å². The number of nitrogens with zero attached hydrogens (tertiary/aromatic N) is 3. The van der Waals surface area contributed by atoms with Gasteiger partial charge < -0.3 is 9.26 Å². The number of ether oxygens (including phenoxy) is 1. The van der Waals surface area contributed by atoms with E-state index in [1.54, 1.807) is 20.0 Å². The minimum Gasteiger partial charge on any atom is -0.470 e. The molecule has 1 unspecified atom stereocenters. The first-order chi connectivity index (χ1) is 11.9. The van der Waals surface area contributed by atoms with Crippen molar-refractivity contribution in [3.05, 3.63) is 58.7 Å². The van der Waals surface area contributed by atoms with E-state index < -0.39 is 17.6 Å². The normalized spacial score (nSPS) is 10.9. The molecular weight excluding hydrogens is 351 g/mol. The zero-order valence-electron chi connectivity index (χ0n) is 13.4. The van der Waals surface area contributed by atoms with Crippen LogP contribution in [0.4, 0.5) is 8.78 Å². The van der Waals surface area contributed by atoms with Gasteiger partial charge in [0.2, 0.25) is 5.65 Å². The van der Waals surface area contributed by atoms with Crippen LogP contribution < -0.4 is 4.74 Å². The van der Waals surface area contributed by atoms with Gasteiger partial charge in [-0.3, -0.25) is 4.40 Å². The Kier molecular flexibility index (Phi) is 4.63. The van der Waals surface area contributed by atoms with E-state index in [0.717, 1.165) is 12.1 Å². The van der Waals surface area contributed by atoms with Crippen molar-refractivity contribution in [2.45, 2.75) is 20.5 Å². The van der Waals surface area contributed by atoms with Gasteiger partial charge in [0, 0.05) is 6.20 Å². The summed E-state index contributed by atoms with van der Waals surface area (Å²) in [4.78, 5) is 20.4. The molecule has 0 aliphatic carbocycles. The van der Waals surface area contributed by atoms with E-state index in [1.165, 1.54) is 10.5 Å². The molecule has 9 heteroatoms. The number of aryl methyl sites for hydroxylation is 2. The molecule has 1 aromatic carbocycles. The third-order valence-corrected chi connectivity index (χ3v) is 3.80. The molecule has 2 heterocycles. The molecule has 0 aliphatic rings. The van der Waals surface area contributed by atoms with Crippen molar-refractivity contribution in [1.29, 1.82) is 0 Å². The molecule has 1 atom stereocenters. The molecule has 0 spiro atoms. The van der Waals surface area contributed by atoms with Crippen molar-refractivity contribution in [1.82, 2.24) is 14.4 Å². The number of hydrogen-bond acceptors (Lipinski definition) is 5. The number of benzene rings is 1. The number of aromatic nitrogens is 3. The molecule has 0 radical (unpaired) electrons. The van der Waals surface area contributed by atoms with Crippen molar-refractivity contribution < 1.29 is 22.8 Å². The lowest BCUT2D eigenvalue weighted by atomic mass is 10.2. The summed E-state index contributed by atoms with van der Waals surface area (Å²) in [6, 6.07) is 3.57. The van der Waals surface area contributed by atoms with Gasteiger partial charge in [-0.05, 0) is 26.0 Å². The second kappa shape index (κ2) is 6.72. The molecule has 0 bridgehead atoms. The molecule has 0 saturated heterocycles. The van der Waals surface area contributed by atoms with Gasteiger partial charge in [-0.25, -0.2) is 23.5 Å². The molecule has 2 aromatic heterocycles. The summed E-state index contributed by atoms with van der Waals surface area (Å²) in [6.07, 6.45) is 1.60. The van der Waals surface area contributed by atoms with Crippen LogP contribution in [-0.2, 0) is 11.1 Å². The minimum absolute atomic E-state index is 0.0635. The van der Waals surface area contributed by atoms with E-state index in [0.29, 0.717) is 11.4 Å². The van der Waals surface area contributed by atoms with Crippen LogP contribution in [-0.4, -0.2) is 20.3 Å². The molecule has 0 fully saturated rings. The highest BCUT2D eigenvalue weighted by molar-refractivity contribution is 7.10. The van der Waals surface area contributed by atoms with E-state index in [9.17, 15) is 13.6 Å². The van der Waals surface area contributed by atoms with Crippen LogP contribution in [0.2, 0.25) is 0 Å². The smallest absolute Gasteiger partial charge is 0.359 e. The third kappa shape index (κ3) is 3.17. The van der Waals surface area contributed by atoms with E-state index in [1.807, 2.05) is 9.47 Å². The Morgan fingerprint density at radius 3 is 2.56 bits per heavy atom. The monoisotopic (exact) mass is 365 g/mol. The largest absolute Gasteiger partial charge is 0.470 e. The second-order valence-corrected chi connectivity index (χ2v) is 5.56. The summed E-state index contributed by atoms with van der Waals surface area (Å²) < 4.78 is 39.1. The lowest BCUT2D eigenvalue weighted by molar-refractivity contribution is 0.0757. The quantitative estimate of drug-likeness (QED) is 0.665. The number of carbonyl (C=O) groups is 1. The second-order valence-electron chi connectivity index (χ2n) is 5.32. The van der Waals surface area contributed by atoms with Crippen LogP contribution in [0, 0.1) is 25.5 Å². The van der Waals surface area contributed by atoms with Gasteiger partial charge >= 0.3 is 5.97 Å². The van der Waals surface area contributed by atoms with Crippen molar-refractivity contribution in [2.75, 3.05) is 0 Å². The number of rotatable bonds is 4. The van der Waals surface area contributed by atoms with Gasteiger partial charge in [0.05, 0.1) is 26.4 Å². The lowest BCUT2D eigenvalue weighted by Gasteiger charge is -2.09. The zero-order valence-corrected chi connectivity index (χ0v) is 14.6. The van der Waals surface area contributed by atoms with Crippen molar-refractivity contribution in [3.63, 3.8) is 0 Å². The average molecular weight is 365 g/mol. The number of imidazole rings is 1. The summed E-state index contributed by atoms with van der Waals surface area (Å²) >= 11 is 0. The van der Waals surface area contributed by atoms with Gasteiger partial charge in [0.1, 0.15) is 18.2 Å². The highest BCUT2D eigenvalue weighted by atomic mass is 31.0. The van der Waals surface area contributed by atoms with Crippen molar-refractivity contribution in [2.24, 2.45) is 0 Å². The Morgan fingerprint density at radius 2 is 1.92 bits per heavy atom. The summed E-state index contributed by atoms with van der Waals surface area (Å²) in [7, 11) is 1.88. The van der Waals surface area contributed by atoms with Crippen molar-refractivity contribution >= 4 is 21.1 Å². The maximum absolute atomic E-state index is 13.7. The van der Waals surface area contributed by atoms with Crippen LogP contribution in [0.1, 0.15) is 27.4 Å². The van der Waals surface area contributed by atoms with Crippen LogP contribution in [0.15, 0.2) is 24.4 Å². The molecule has 6 nitrogen and oxygen atoms in total. The van der Waals surface area contributed by atoms with E-state index in [4.69, 9.17) is 4.74 Å². The third-order valence-electron chi connectivity index (χ3n) is 3.59. The Labute approximate surface area is 144 Å². The Bertz CT molecular complexity index is 955. The van der Waals surface area contributed by atoms with Crippen molar-refractivity contribution in [3.8, 4) is 5.88 Å². The van der Waals surface area contributed by atoms with Crippen LogP contribution in [0.5, 0.6) is 5.88 Å². The fourth-order valence-corrected chi connectivity index (χ4v) is 2.57. The average Bonchev–Trinajstić information content (AvgIpc) is 2.89. The predicted molar refractivity (Wildman–Crippen MR) is 88.3 cm³/mol. The van der Waals surface area contributed by atoms with Gasteiger partial charge in [-0.2, -0.15) is 0 Å². The minimum atomic E-state index is -0.713. The van der Waals surface area contributed by atoms with E-state index in [2.05, 4.69) is 14.5 Å². The van der Waals surface area contributed by atoms with Gasteiger partial charge in [0.15, 0.2) is 5.69 Å². The summed E-state index contributed by atoms with van der Waals surface area (Å²) in [5, 5.41) is 0. The molecular formula is C16H14F2N3O3P. The molecule has 0 saturated carbocycles. The fraction of sp³-hybridized carbons (Fsp3) is 0.188. The fourth-order valence-electron chi connectivity index (χ4n) is 2.46. The molecule has 3 rings (SSSR count).